The largest absolute Gasteiger partial charge is 0.444 e. The molecule has 0 saturated carbocycles. The van der Waals surface area contributed by atoms with Gasteiger partial charge in [0.1, 0.15) is 17.2 Å². The van der Waals surface area contributed by atoms with Crippen LogP contribution in [0.25, 0.3) is 0 Å². The summed E-state index contributed by atoms with van der Waals surface area (Å²) in [7, 11) is 1.91. The molecule has 0 unspecified atom stereocenters. The summed E-state index contributed by atoms with van der Waals surface area (Å²) < 4.78 is 5.47. The summed E-state index contributed by atoms with van der Waals surface area (Å²) in [6.07, 6.45) is 2.47. The van der Waals surface area contributed by atoms with E-state index in [2.05, 4.69) is 10.6 Å². The van der Waals surface area contributed by atoms with Gasteiger partial charge in [0.05, 0.1) is 5.69 Å². The molecule has 138 valence electrons. The number of hydrogen-bond acceptors (Lipinski definition) is 6. The summed E-state index contributed by atoms with van der Waals surface area (Å²) >= 11 is 0. The first-order chi connectivity index (χ1) is 11.9. The molecule has 1 amide bonds. The lowest BCUT2D eigenvalue weighted by atomic mass is 9.95. The minimum atomic E-state index is -0.453. The lowest BCUT2D eigenvalue weighted by Gasteiger charge is -2.33. The number of piperidine rings is 1. The minimum Gasteiger partial charge on any atom is -0.444 e. The molecule has 0 radical (unpaired) electrons. The van der Waals surface area contributed by atoms with Gasteiger partial charge >= 0.3 is 6.09 Å². The van der Waals surface area contributed by atoms with Crippen molar-refractivity contribution in [3.05, 3.63) is 17.1 Å². The van der Waals surface area contributed by atoms with Crippen LogP contribution in [0.1, 0.15) is 56.6 Å². The van der Waals surface area contributed by atoms with E-state index in [0.29, 0.717) is 19.0 Å². The molecule has 7 heteroatoms. The van der Waals surface area contributed by atoms with Gasteiger partial charge < -0.3 is 20.3 Å². The number of nitrogens with one attached hydrogen (secondary N) is 2. The van der Waals surface area contributed by atoms with Crippen molar-refractivity contribution in [2.75, 3.05) is 32.0 Å². The molecule has 2 N–H and O–H groups in total. The molecule has 1 saturated heterocycles. The maximum absolute atomic E-state index is 12.2. The molecular weight excluding hydrogens is 318 g/mol. The van der Waals surface area contributed by atoms with Crippen LogP contribution < -0.4 is 10.6 Å². The van der Waals surface area contributed by atoms with E-state index >= 15 is 0 Å². The van der Waals surface area contributed by atoms with Crippen LogP contribution in [-0.4, -0.2) is 53.2 Å². The molecule has 2 aliphatic rings. The molecule has 0 atom stereocenters. The number of ether oxygens (including phenoxy) is 1. The first-order valence-corrected chi connectivity index (χ1v) is 9.13. The van der Waals surface area contributed by atoms with Crippen molar-refractivity contribution < 1.29 is 9.53 Å². The molecule has 0 bridgehead atoms. The Hall–Kier alpha value is -1.89. The summed E-state index contributed by atoms with van der Waals surface area (Å²) in [5.41, 5.74) is 1.89. The van der Waals surface area contributed by atoms with Gasteiger partial charge in [-0.15, -0.1) is 0 Å². The Labute approximate surface area is 149 Å². The summed E-state index contributed by atoms with van der Waals surface area (Å²) in [6, 6.07) is 0. The molecule has 1 fully saturated rings. The SMILES string of the molecule is CNc1nc(C2CCN(C(=O)OC(C)(C)C)CC2)nc2c1CNCC2. The Morgan fingerprint density at radius 3 is 2.64 bits per heavy atom. The van der Waals surface area contributed by atoms with E-state index in [1.165, 1.54) is 5.56 Å². The number of carbonyl (C=O) groups excluding carboxylic acids is 1. The molecule has 3 heterocycles. The van der Waals surface area contributed by atoms with Gasteiger partial charge in [-0.3, -0.25) is 0 Å². The lowest BCUT2D eigenvalue weighted by molar-refractivity contribution is 0.0203. The Balaban J connectivity index is 1.68. The number of fused-ring (bicyclic) bond motifs is 1. The number of nitrogens with zero attached hydrogens (tertiary/aromatic N) is 3. The van der Waals surface area contributed by atoms with Crippen LogP contribution in [0.5, 0.6) is 0 Å². The highest BCUT2D eigenvalue weighted by molar-refractivity contribution is 5.68. The highest BCUT2D eigenvalue weighted by atomic mass is 16.6. The molecule has 25 heavy (non-hydrogen) atoms. The van der Waals surface area contributed by atoms with E-state index in [1.54, 1.807) is 4.90 Å². The number of likely N-dealkylation sites (tertiary alicyclic amines) is 1. The van der Waals surface area contributed by atoms with Crippen molar-refractivity contribution in [3.63, 3.8) is 0 Å². The second kappa shape index (κ2) is 7.15. The molecule has 0 aromatic carbocycles. The maximum atomic E-state index is 12.2. The standard InChI is InChI=1S/C18H29N5O2/c1-18(2,3)25-17(24)23-9-6-12(7-10-23)15-21-14-5-8-20-11-13(14)16(19-4)22-15/h12,20H,5-11H2,1-4H3,(H,19,21,22). The lowest BCUT2D eigenvalue weighted by Crippen LogP contribution is -2.41. The molecule has 0 aliphatic carbocycles. The van der Waals surface area contributed by atoms with Crippen molar-refractivity contribution in [2.45, 2.75) is 58.1 Å². The second-order valence-corrected chi connectivity index (χ2v) is 7.77. The van der Waals surface area contributed by atoms with Crippen LogP contribution in [0, 0.1) is 0 Å². The Morgan fingerprint density at radius 2 is 2.00 bits per heavy atom. The topological polar surface area (TPSA) is 79.4 Å². The average Bonchev–Trinajstić information content (AvgIpc) is 2.59. The highest BCUT2D eigenvalue weighted by Gasteiger charge is 2.29. The molecule has 7 nitrogen and oxygen atoms in total. The fourth-order valence-corrected chi connectivity index (χ4v) is 3.40. The number of amides is 1. The Bertz CT molecular complexity index is 616. The predicted molar refractivity (Wildman–Crippen MR) is 96.8 cm³/mol. The smallest absolute Gasteiger partial charge is 0.410 e. The predicted octanol–water partition coefficient (Wildman–Crippen LogP) is 2.28. The fourth-order valence-electron chi connectivity index (χ4n) is 3.40. The summed E-state index contributed by atoms with van der Waals surface area (Å²) in [5, 5.41) is 6.59. The van der Waals surface area contributed by atoms with Gasteiger partial charge in [-0.25, -0.2) is 14.8 Å². The van der Waals surface area contributed by atoms with Gasteiger partial charge in [0.25, 0.3) is 0 Å². The second-order valence-electron chi connectivity index (χ2n) is 7.77. The van der Waals surface area contributed by atoms with E-state index in [9.17, 15) is 4.79 Å². The number of rotatable bonds is 2. The summed E-state index contributed by atoms with van der Waals surface area (Å²) in [5.74, 6) is 2.14. The van der Waals surface area contributed by atoms with Crippen molar-refractivity contribution >= 4 is 11.9 Å². The van der Waals surface area contributed by atoms with E-state index < -0.39 is 5.60 Å². The Kier molecular flexibility index (Phi) is 5.13. The van der Waals surface area contributed by atoms with Gasteiger partial charge in [-0.05, 0) is 33.6 Å². The van der Waals surface area contributed by atoms with Crippen molar-refractivity contribution in [3.8, 4) is 0 Å². The summed E-state index contributed by atoms with van der Waals surface area (Å²) in [4.78, 5) is 23.6. The molecule has 2 aliphatic heterocycles. The molecular formula is C18H29N5O2. The third-order valence-electron chi connectivity index (χ3n) is 4.70. The van der Waals surface area contributed by atoms with Crippen LogP contribution in [0.3, 0.4) is 0 Å². The van der Waals surface area contributed by atoms with Gasteiger partial charge in [0, 0.05) is 51.1 Å². The molecule has 1 aromatic heterocycles. The van der Waals surface area contributed by atoms with E-state index in [1.807, 2.05) is 27.8 Å². The van der Waals surface area contributed by atoms with E-state index in [4.69, 9.17) is 14.7 Å². The van der Waals surface area contributed by atoms with Gasteiger partial charge in [0.2, 0.25) is 0 Å². The summed E-state index contributed by atoms with van der Waals surface area (Å²) in [6.45, 7) is 8.85. The van der Waals surface area contributed by atoms with Crippen LogP contribution in [0.4, 0.5) is 10.6 Å². The normalized spacial score (nSPS) is 18.6. The number of carbonyl (C=O) groups is 1. The van der Waals surface area contributed by atoms with Crippen LogP contribution in [0.2, 0.25) is 0 Å². The minimum absolute atomic E-state index is 0.223. The quantitative estimate of drug-likeness (QED) is 0.854. The van der Waals surface area contributed by atoms with Gasteiger partial charge in [-0.2, -0.15) is 0 Å². The van der Waals surface area contributed by atoms with Gasteiger partial charge in [-0.1, -0.05) is 0 Å². The van der Waals surface area contributed by atoms with Crippen molar-refractivity contribution in [1.29, 1.82) is 0 Å². The number of hydrogen-bond donors (Lipinski definition) is 2. The monoisotopic (exact) mass is 347 g/mol. The zero-order chi connectivity index (χ0) is 18.0. The average molecular weight is 347 g/mol. The first-order valence-electron chi connectivity index (χ1n) is 9.13. The third-order valence-corrected chi connectivity index (χ3v) is 4.70. The van der Waals surface area contributed by atoms with E-state index in [0.717, 1.165) is 49.7 Å². The maximum Gasteiger partial charge on any atom is 0.410 e. The van der Waals surface area contributed by atoms with Crippen molar-refractivity contribution in [2.24, 2.45) is 0 Å². The van der Waals surface area contributed by atoms with Gasteiger partial charge in [0.15, 0.2) is 0 Å². The third kappa shape index (κ3) is 4.21. The van der Waals surface area contributed by atoms with Crippen LogP contribution >= 0.6 is 0 Å². The fraction of sp³-hybridized carbons (Fsp3) is 0.722. The van der Waals surface area contributed by atoms with Crippen LogP contribution in [-0.2, 0) is 17.7 Å². The van der Waals surface area contributed by atoms with E-state index in [-0.39, 0.29) is 6.09 Å². The van der Waals surface area contributed by atoms with Crippen LogP contribution in [0.15, 0.2) is 0 Å². The molecule has 3 rings (SSSR count). The highest BCUT2D eigenvalue weighted by Crippen LogP contribution is 2.29. The first kappa shape index (κ1) is 17.9. The molecule has 1 aromatic rings. The number of aromatic nitrogens is 2. The molecule has 0 spiro atoms. The Morgan fingerprint density at radius 1 is 1.28 bits per heavy atom. The number of anilines is 1. The van der Waals surface area contributed by atoms with Crippen molar-refractivity contribution in [1.82, 2.24) is 20.2 Å². The zero-order valence-corrected chi connectivity index (χ0v) is 15.7. The zero-order valence-electron chi connectivity index (χ0n) is 15.7.